The van der Waals surface area contributed by atoms with E-state index < -0.39 is 0 Å². The van der Waals surface area contributed by atoms with Gasteiger partial charge in [-0.2, -0.15) is 5.10 Å². The van der Waals surface area contributed by atoms with Crippen LogP contribution in [-0.4, -0.2) is 9.78 Å². The molecule has 0 aliphatic heterocycles. The maximum atomic E-state index is 5.12. The number of rotatable bonds is 10. The Kier molecular flexibility index (Phi) is 9.97. The molecule has 0 unspecified atom stereocenters. The van der Waals surface area contributed by atoms with Gasteiger partial charge in [-0.25, -0.2) is 4.68 Å². The van der Waals surface area contributed by atoms with Crippen LogP contribution in [0.15, 0.2) is 249 Å². The maximum Gasteiger partial charge on any atom is 0.0934 e. The number of para-hydroxylation sites is 1. The van der Waals surface area contributed by atoms with Crippen molar-refractivity contribution in [3.63, 3.8) is 0 Å². The van der Waals surface area contributed by atoms with Crippen LogP contribution in [0.3, 0.4) is 0 Å². The maximum absolute atomic E-state index is 5.12. The van der Waals surface area contributed by atoms with E-state index in [-0.39, 0.29) is 0 Å². The summed E-state index contributed by atoms with van der Waals surface area (Å²) < 4.78 is 2.06. The van der Waals surface area contributed by atoms with Crippen molar-refractivity contribution in [3.8, 4) is 72.7 Å². The van der Waals surface area contributed by atoms with E-state index in [1.165, 1.54) is 33.4 Å². The van der Waals surface area contributed by atoms with Crippen LogP contribution in [0, 0.1) is 0 Å². The van der Waals surface area contributed by atoms with E-state index in [1.807, 2.05) is 6.07 Å². The highest BCUT2D eigenvalue weighted by Crippen LogP contribution is 2.41. The molecule has 0 saturated carbocycles. The van der Waals surface area contributed by atoms with Crippen LogP contribution >= 0.6 is 0 Å². The molecule has 0 aliphatic carbocycles. The van der Waals surface area contributed by atoms with E-state index in [4.69, 9.17) is 5.10 Å². The molecule has 0 radical (unpaired) electrons. The highest BCUT2D eigenvalue weighted by molar-refractivity contribution is 5.92. The van der Waals surface area contributed by atoms with E-state index in [2.05, 4.69) is 252 Å². The third-order valence-corrected chi connectivity index (χ3v) is 11.1. The Morgan fingerprint density at radius 2 is 0.650 bits per heavy atom. The molecule has 10 rings (SSSR count). The van der Waals surface area contributed by atoms with E-state index in [0.29, 0.717) is 0 Å². The van der Waals surface area contributed by atoms with Crippen molar-refractivity contribution >= 4 is 17.1 Å². The van der Waals surface area contributed by atoms with Crippen LogP contribution in [-0.2, 0) is 0 Å². The summed E-state index contributed by atoms with van der Waals surface area (Å²) in [6.07, 6.45) is 0. The lowest BCUT2D eigenvalue weighted by atomic mass is 9.89. The van der Waals surface area contributed by atoms with Gasteiger partial charge in [-0.1, -0.05) is 194 Å². The number of benzene rings is 9. The number of nitrogens with zero attached hydrogens (tertiary/aromatic N) is 3. The molecule has 10 aromatic rings. The predicted octanol–water partition coefficient (Wildman–Crippen LogP) is 15.3. The molecular formula is C57H41N3. The van der Waals surface area contributed by atoms with Crippen molar-refractivity contribution in [3.05, 3.63) is 249 Å². The summed E-state index contributed by atoms with van der Waals surface area (Å²) >= 11 is 0. The first-order chi connectivity index (χ1) is 29.8. The van der Waals surface area contributed by atoms with Gasteiger partial charge in [-0.05, 0) is 99.1 Å². The lowest BCUT2D eigenvalue weighted by molar-refractivity contribution is 0.892. The van der Waals surface area contributed by atoms with Crippen LogP contribution < -0.4 is 4.90 Å². The second kappa shape index (κ2) is 16.5. The summed E-state index contributed by atoms with van der Waals surface area (Å²) in [5.41, 5.74) is 18.0. The van der Waals surface area contributed by atoms with Crippen LogP contribution in [0.1, 0.15) is 0 Å². The highest BCUT2D eigenvalue weighted by Gasteiger charge is 2.17. The molecule has 0 aliphatic rings. The summed E-state index contributed by atoms with van der Waals surface area (Å²) in [6.45, 7) is 0. The van der Waals surface area contributed by atoms with E-state index in [0.717, 1.165) is 56.4 Å². The lowest BCUT2D eigenvalue weighted by Gasteiger charge is -2.26. The summed E-state index contributed by atoms with van der Waals surface area (Å²) in [4.78, 5) is 2.32. The monoisotopic (exact) mass is 767 g/mol. The molecule has 3 heteroatoms. The minimum atomic E-state index is 0.943. The van der Waals surface area contributed by atoms with Crippen molar-refractivity contribution in [1.82, 2.24) is 9.78 Å². The zero-order chi connectivity index (χ0) is 40.1. The van der Waals surface area contributed by atoms with Gasteiger partial charge in [0.05, 0.1) is 17.1 Å². The first-order valence-corrected chi connectivity index (χ1v) is 20.4. The Balaban J connectivity index is 0.977. The molecular weight excluding hydrogens is 727 g/mol. The van der Waals surface area contributed by atoms with Gasteiger partial charge in [0, 0.05) is 28.2 Å². The van der Waals surface area contributed by atoms with Gasteiger partial charge in [0.2, 0.25) is 0 Å². The average Bonchev–Trinajstić information content (AvgIpc) is 3.79. The number of anilines is 3. The Labute approximate surface area is 351 Å². The van der Waals surface area contributed by atoms with Gasteiger partial charge in [-0.15, -0.1) is 0 Å². The Morgan fingerprint density at radius 1 is 0.283 bits per heavy atom. The third-order valence-electron chi connectivity index (χ3n) is 11.1. The molecule has 1 heterocycles. The van der Waals surface area contributed by atoms with Crippen LogP contribution in [0.2, 0.25) is 0 Å². The lowest BCUT2D eigenvalue weighted by Crippen LogP contribution is -2.09. The number of hydrogen-bond acceptors (Lipinski definition) is 2. The Morgan fingerprint density at radius 3 is 1.17 bits per heavy atom. The van der Waals surface area contributed by atoms with Gasteiger partial charge in [0.1, 0.15) is 0 Å². The molecule has 1 aromatic heterocycles. The zero-order valence-corrected chi connectivity index (χ0v) is 33.0. The van der Waals surface area contributed by atoms with Crippen LogP contribution in [0.5, 0.6) is 0 Å². The summed E-state index contributed by atoms with van der Waals surface area (Å²) in [5.74, 6) is 0. The molecule has 0 atom stereocenters. The zero-order valence-electron chi connectivity index (χ0n) is 33.0. The average molecular weight is 768 g/mol. The molecule has 0 fully saturated rings. The van der Waals surface area contributed by atoms with E-state index in [9.17, 15) is 0 Å². The standard InChI is InChI=1S/C57H41N3/c1-5-17-42(18-6-1)43-29-35-49(36-30-43)59(48-23-11-4-12-24-48)50-37-31-44(32-38-50)52-25-13-15-27-54(52)55-28-16-14-26-53(55)45-33-39-51(40-34-45)60-57(47-21-9-3-10-22-47)41-56(58-60)46-19-7-2-8-20-46/h1-41H. The first kappa shape index (κ1) is 36.3. The molecule has 0 spiro atoms. The Hall–Kier alpha value is -8.01. The van der Waals surface area contributed by atoms with Crippen molar-refractivity contribution in [1.29, 1.82) is 0 Å². The normalized spacial score (nSPS) is 11.0. The van der Waals surface area contributed by atoms with Crippen molar-refractivity contribution in [2.75, 3.05) is 4.90 Å². The van der Waals surface area contributed by atoms with Gasteiger partial charge < -0.3 is 4.90 Å². The van der Waals surface area contributed by atoms with Crippen LogP contribution in [0.25, 0.3) is 72.7 Å². The molecule has 9 aromatic carbocycles. The number of hydrogen-bond donors (Lipinski definition) is 0. The molecule has 0 saturated heterocycles. The van der Waals surface area contributed by atoms with Crippen molar-refractivity contribution in [2.45, 2.75) is 0 Å². The summed E-state index contributed by atoms with van der Waals surface area (Å²) in [5, 5.41) is 5.12. The minimum absolute atomic E-state index is 0.943. The molecule has 284 valence electrons. The molecule has 0 bridgehead atoms. The van der Waals surface area contributed by atoms with Gasteiger partial charge in [0.15, 0.2) is 0 Å². The highest BCUT2D eigenvalue weighted by atomic mass is 15.3. The predicted molar refractivity (Wildman–Crippen MR) is 251 cm³/mol. The van der Waals surface area contributed by atoms with Gasteiger partial charge in [-0.3, -0.25) is 0 Å². The molecule has 60 heavy (non-hydrogen) atoms. The van der Waals surface area contributed by atoms with Crippen molar-refractivity contribution < 1.29 is 0 Å². The molecule has 0 amide bonds. The fraction of sp³-hybridized carbons (Fsp3) is 0. The first-order valence-electron chi connectivity index (χ1n) is 20.4. The summed E-state index contributed by atoms with van der Waals surface area (Å²) in [6, 6.07) is 88.2. The number of aromatic nitrogens is 2. The van der Waals surface area contributed by atoms with Crippen LogP contribution in [0.4, 0.5) is 17.1 Å². The fourth-order valence-electron chi connectivity index (χ4n) is 8.11. The Bertz CT molecular complexity index is 2970. The smallest absolute Gasteiger partial charge is 0.0934 e. The molecule has 3 nitrogen and oxygen atoms in total. The summed E-state index contributed by atoms with van der Waals surface area (Å²) in [7, 11) is 0. The third kappa shape index (κ3) is 7.32. The largest absolute Gasteiger partial charge is 0.311 e. The second-order valence-electron chi connectivity index (χ2n) is 14.8. The van der Waals surface area contributed by atoms with E-state index in [1.54, 1.807) is 0 Å². The minimum Gasteiger partial charge on any atom is -0.311 e. The van der Waals surface area contributed by atoms with Gasteiger partial charge >= 0.3 is 0 Å². The SMILES string of the molecule is c1ccc(-c2ccc(N(c3ccccc3)c3ccc(-c4ccccc4-c4ccccc4-c4ccc(-n5nc(-c6ccccc6)cc5-c5ccccc5)cc4)cc3)cc2)cc1. The fourth-order valence-corrected chi connectivity index (χ4v) is 8.11. The van der Waals surface area contributed by atoms with Gasteiger partial charge in [0.25, 0.3) is 0 Å². The van der Waals surface area contributed by atoms with E-state index >= 15 is 0 Å². The quantitative estimate of drug-likeness (QED) is 0.138. The topological polar surface area (TPSA) is 21.1 Å². The van der Waals surface area contributed by atoms with Crippen molar-refractivity contribution in [2.24, 2.45) is 0 Å². The molecule has 0 N–H and O–H groups in total. The second-order valence-corrected chi connectivity index (χ2v) is 14.8.